The summed E-state index contributed by atoms with van der Waals surface area (Å²) >= 11 is 11.8. The lowest BCUT2D eigenvalue weighted by Gasteiger charge is -2.03. The summed E-state index contributed by atoms with van der Waals surface area (Å²) in [6.07, 6.45) is 1.75. The van der Waals surface area contributed by atoms with Gasteiger partial charge in [-0.15, -0.1) is 16.7 Å². The number of aromatic nitrogens is 3. The van der Waals surface area contributed by atoms with E-state index < -0.39 is 0 Å². The second-order valence-corrected chi connectivity index (χ2v) is 4.75. The minimum absolute atomic E-state index is 0.188. The van der Waals surface area contributed by atoms with Gasteiger partial charge in [-0.25, -0.2) is 9.07 Å². The second kappa shape index (κ2) is 5.02. The highest BCUT2D eigenvalue weighted by molar-refractivity contribution is 6.31. The highest BCUT2D eigenvalue weighted by atomic mass is 35.5. The van der Waals surface area contributed by atoms with Gasteiger partial charge in [-0.05, 0) is 24.6 Å². The number of halogens is 3. The second-order valence-electron chi connectivity index (χ2n) is 3.69. The molecule has 17 heavy (non-hydrogen) atoms. The van der Waals surface area contributed by atoms with Crippen LogP contribution >= 0.6 is 23.2 Å². The Kier molecular flexibility index (Phi) is 3.64. The monoisotopic (exact) mass is 273 g/mol. The molecule has 0 amide bonds. The number of nitrogens with zero attached hydrogens (tertiary/aromatic N) is 3. The predicted molar refractivity (Wildman–Crippen MR) is 64.8 cm³/mol. The Morgan fingerprint density at radius 2 is 2.24 bits per heavy atom. The average molecular weight is 274 g/mol. The summed E-state index contributed by atoms with van der Waals surface area (Å²) in [4.78, 5) is 0. The van der Waals surface area contributed by atoms with E-state index in [1.54, 1.807) is 16.9 Å². The molecule has 1 unspecified atom stereocenters. The van der Waals surface area contributed by atoms with Crippen molar-refractivity contribution in [1.82, 2.24) is 15.0 Å². The van der Waals surface area contributed by atoms with Crippen LogP contribution in [-0.2, 0) is 6.54 Å². The largest absolute Gasteiger partial charge is 0.248 e. The number of hydrogen-bond donors (Lipinski definition) is 0. The lowest BCUT2D eigenvalue weighted by molar-refractivity contribution is 0.621. The van der Waals surface area contributed by atoms with Gasteiger partial charge in [-0.2, -0.15) is 0 Å². The van der Waals surface area contributed by atoms with Gasteiger partial charge in [-0.1, -0.05) is 22.9 Å². The Hall–Kier alpha value is -1.13. The van der Waals surface area contributed by atoms with Crippen molar-refractivity contribution in [2.24, 2.45) is 0 Å². The van der Waals surface area contributed by atoms with Gasteiger partial charge in [0.25, 0.3) is 0 Å². The zero-order valence-electron chi connectivity index (χ0n) is 9.07. The van der Waals surface area contributed by atoms with Crippen LogP contribution < -0.4 is 0 Å². The Bertz CT molecular complexity index is 525. The normalized spacial score (nSPS) is 12.7. The highest BCUT2D eigenvalue weighted by Crippen LogP contribution is 2.19. The molecule has 6 heteroatoms. The van der Waals surface area contributed by atoms with Crippen LogP contribution in [0, 0.1) is 5.82 Å². The SMILES string of the molecule is CC(Cl)c1cn(Cc2ccc(F)cc2Cl)nn1. The fraction of sp³-hybridized carbons (Fsp3) is 0.273. The Morgan fingerprint density at radius 3 is 2.82 bits per heavy atom. The van der Waals surface area contributed by atoms with Gasteiger partial charge in [-0.3, -0.25) is 0 Å². The molecule has 0 radical (unpaired) electrons. The fourth-order valence-electron chi connectivity index (χ4n) is 1.40. The van der Waals surface area contributed by atoms with Gasteiger partial charge in [0.05, 0.1) is 18.1 Å². The van der Waals surface area contributed by atoms with Crippen molar-refractivity contribution < 1.29 is 4.39 Å². The lowest BCUT2D eigenvalue weighted by Crippen LogP contribution is -2.01. The average Bonchev–Trinajstić information content (AvgIpc) is 2.71. The van der Waals surface area contributed by atoms with Crippen molar-refractivity contribution >= 4 is 23.2 Å². The summed E-state index contributed by atoms with van der Waals surface area (Å²) in [5.74, 6) is -0.354. The molecule has 1 aromatic carbocycles. The molecule has 3 nitrogen and oxygen atoms in total. The van der Waals surface area contributed by atoms with E-state index in [0.29, 0.717) is 17.3 Å². The summed E-state index contributed by atoms with van der Waals surface area (Å²) in [7, 11) is 0. The third kappa shape index (κ3) is 2.96. The van der Waals surface area contributed by atoms with E-state index in [9.17, 15) is 4.39 Å². The first-order valence-electron chi connectivity index (χ1n) is 5.04. The molecule has 1 heterocycles. The van der Waals surface area contributed by atoms with Gasteiger partial charge < -0.3 is 0 Å². The molecule has 0 bridgehead atoms. The quantitative estimate of drug-likeness (QED) is 0.803. The summed E-state index contributed by atoms with van der Waals surface area (Å²) < 4.78 is 14.5. The highest BCUT2D eigenvalue weighted by Gasteiger charge is 2.08. The molecular weight excluding hydrogens is 264 g/mol. The van der Waals surface area contributed by atoms with E-state index >= 15 is 0 Å². The summed E-state index contributed by atoms with van der Waals surface area (Å²) in [6.45, 7) is 2.26. The molecule has 0 N–H and O–H groups in total. The first-order valence-corrected chi connectivity index (χ1v) is 5.85. The number of alkyl halides is 1. The molecule has 2 rings (SSSR count). The number of benzene rings is 1. The molecule has 0 aliphatic rings. The van der Waals surface area contributed by atoms with Crippen molar-refractivity contribution in [2.45, 2.75) is 18.8 Å². The summed E-state index contributed by atoms with van der Waals surface area (Å²) in [6, 6.07) is 4.27. The molecule has 1 atom stereocenters. The first-order chi connectivity index (χ1) is 8.06. The van der Waals surface area contributed by atoms with E-state index in [4.69, 9.17) is 23.2 Å². The van der Waals surface area contributed by atoms with Gasteiger partial charge in [0, 0.05) is 5.02 Å². The van der Waals surface area contributed by atoms with E-state index in [0.717, 1.165) is 5.56 Å². The van der Waals surface area contributed by atoms with Crippen molar-refractivity contribution in [2.75, 3.05) is 0 Å². The third-order valence-electron chi connectivity index (χ3n) is 2.31. The van der Waals surface area contributed by atoms with Gasteiger partial charge in [0.15, 0.2) is 0 Å². The van der Waals surface area contributed by atoms with Crippen LogP contribution in [0.15, 0.2) is 24.4 Å². The maximum Gasteiger partial charge on any atom is 0.124 e. The molecule has 0 aliphatic heterocycles. The number of hydrogen-bond acceptors (Lipinski definition) is 2. The van der Waals surface area contributed by atoms with Crippen molar-refractivity contribution in [3.63, 3.8) is 0 Å². The molecule has 2 aromatic rings. The Labute approximate surface area is 108 Å². The maximum atomic E-state index is 12.9. The smallest absolute Gasteiger partial charge is 0.124 e. The van der Waals surface area contributed by atoms with Crippen LogP contribution in [-0.4, -0.2) is 15.0 Å². The molecule has 1 aromatic heterocycles. The standard InChI is InChI=1S/C11H10Cl2FN3/c1-7(12)11-6-17(16-15-11)5-8-2-3-9(14)4-10(8)13/h2-4,6-7H,5H2,1H3. The van der Waals surface area contributed by atoms with Gasteiger partial charge >= 0.3 is 0 Å². The zero-order valence-corrected chi connectivity index (χ0v) is 10.6. The fourth-order valence-corrected chi connectivity index (χ4v) is 1.72. The van der Waals surface area contributed by atoms with Crippen LogP contribution in [0.5, 0.6) is 0 Å². The van der Waals surface area contributed by atoms with E-state index in [1.165, 1.54) is 12.1 Å². The molecule has 90 valence electrons. The first kappa shape index (κ1) is 12.3. The zero-order chi connectivity index (χ0) is 12.4. The predicted octanol–water partition coefficient (Wildman–Crippen LogP) is 3.42. The topological polar surface area (TPSA) is 30.7 Å². The van der Waals surface area contributed by atoms with Crippen LogP contribution in [0.3, 0.4) is 0 Å². The minimum Gasteiger partial charge on any atom is -0.248 e. The molecule has 0 saturated heterocycles. The van der Waals surface area contributed by atoms with Gasteiger partial charge in [0.1, 0.15) is 11.5 Å². The number of rotatable bonds is 3. The van der Waals surface area contributed by atoms with Crippen LogP contribution in [0.2, 0.25) is 5.02 Å². The summed E-state index contributed by atoms with van der Waals surface area (Å²) in [5.41, 5.74) is 1.48. The Morgan fingerprint density at radius 1 is 1.47 bits per heavy atom. The molecule has 0 spiro atoms. The molecular formula is C11H10Cl2FN3. The van der Waals surface area contributed by atoms with Crippen LogP contribution in [0.1, 0.15) is 23.6 Å². The maximum absolute atomic E-state index is 12.9. The van der Waals surface area contributed by atoms with Gasteiger partial charge in [0.2, 0.25) is 0 Å². The third-order valence-corrected chi connectivity index (χ3v) is 2.89. The van der Waals surface area contributed by atoms with Crippen molar-refractivity contribution in [1.29, 1.82) is 0 Å². The van der Waals surface area contributed by atoms with E-state index in [-0.39, 0.29) is 11.2 Å². The van der Waals surface area contributed by atoms with Crippen LogP contribution in [0.4, 0.5) is 4.39 Å². The van der Waals surface area contributed by atoms with E-state index in [2.05, 4.69) is 10.3 Å². The van der Waals surface area contributed by atoms with Crippen molar-refractivity contribution in [3.05, 3.63) is 46.5 Å². The van der Waals surface area contributed by atoms with E-state index in [1.807, 2.05) is 6.92 Å². The molecule has 0 saturated carbocycles. The molecule has 0 fully saturated rings. The molecule has 0 aliphatic carbocycles. The Balaban J connectivity index is 2.19. The van der Waals surface area contributed by atoms with Crippen LogP contribution in [0.25, 0.3) is 0 Å². The minimum atomic E-state index is -0.354. The summed E-state index contributed by atoms with van der Waals surface area (Å²) in [5, 5.41) is 8.04. The lowest BCUT2D eigenvalue weighted by atomic mass is 10.2. The van der Waals surface area contributed by atoms with Crippen molar-refractivity contribution in [3.8, 4) is 0 Å².